The van der Waals surface area contributed by atoms with Crippen LogP contribution in [0.15, 0.2) is 11.6 Å². The van der Waals surface area contributed by atoms with Gasteiger partial charge in [0.15, 0.2) is 0 Å². The van der Waals surface area contributed by atoms with E-state index in [2.05, 4.69) is 21.1 Å². The lowest BCUT2D eigenvalue weighted by atomic mass is 10.4. The van der Waals surface area contributed by atoms with Gasteiger partial charge in [-0.15, -0.1) is 0 Å². The van der Waals surface area contributed by atoms with Crippen molar-refractivity contribution >= 4 is 11.5 Å². The summed E-state index contributed by atoms with van der Waals surface area (Å²) in [7, 11) is 2.01. The standard InChI is InChI=1S/C9H13N3S/c1-12(6-4-10)5-2-3-9-7-11-13-8-9/h7-8H,4-6,10H2,1H3. The van der Waals surface area contributed by atoms with Gasteiger partial charge in [-0.3, -0.25) is 4.90 Å². The molecular formula is C9H13N3S. The zero-order valence-electron chi connectivity index (χ0n) is 7.66. The van der Waals surface area contributed by atoms with Crippen molar-refractivity contribution in [3.8, 4) is 11.8 Å². The van der Waals surface area contributed by atoms with E-state index >= 15 is 0 Å². The van der Waals surface area contributed by atoms with Crippen LogP contribution in [-0.4, -0.2) is 36.0 Å². The van der Waals surface area contributed by atoms with E-state index < -0.39 is 0 Å². The van der Waals surface area contributed by atoms with Crippen molar-refractivity contribution in [3.63, 3.8) is 0 Å². The van der Waals surface area contributed by atoms with Gasteiger partial charge in [0.1, 0.15) is 0 Å². The summed E-state index contributed by atoms with van der Waals surface area (Å²) in [6.45, 7) is 2.32. The molecule has 0 aromatic carbocycles. The van der Waals surface area contributed by atoms with Gasteiger partial charge >= 0.3 is 0 Å². The summed E-state index contributed by atoms with van der Waals surface area (Å²) in [6.07, 6.45) is 1.78. The van der Waals surface area contributed by atoms with Gasteiger partial charge in [0.05, 0.1) is 18.3 Å². The number of nitrogens with zero attached hydrogens (tertiary/aromatic N) is 2. The summed E-state index contributed by atoms with van der Waals surface area (Å²) >= 11 is 1.42. The molecule has 4 heteroatoms. The molecule has 0 radical (unpaired) electrons. The van der Waals surface area contributed by atoms with Crippen LogP contribution in [0.4, 0.5) is 0 Å². The highest BCUT2D eigenvalue weighted by atomic mass is 32.1. The molecule has 0 aliphatic carbocycles. The first-order valence-corrected chi connectivity index (χ1v) is 4.93. The summed E-state index contributed by atoms with van der Waals surface area (Å²) in [5.74, 6) is 6.09. The first-order chi connectivity index (χ1) is 6.33. The fourth-order valence-electron chi connectivity index (χ4n) is 0.843. The molecule has 2 N–H and O–H groups in total. The predicted octanol–water partition coefficient (Wildman–Crippen LogP) is 0.385. The molecular weight excluding hydrogens is 182 g/mol. The minimum absolute atomic E-state index is 0.679. The average Bonchev–Trinajstić information content (AvgIpc) is 2.57. The molecule has 0 unspecified atom stereocenters. The summed E-state index contributed by atoms with van der Waals surface area (Å²) in [6, 6.07) is 0. The summed E-state index contributed by atoms with van der Waals surface area (Å²) in [4.78, 5) is 2.09. The molecule has 0 atom stereocenters. The SMILES string of the molecule is CN(CC#Cc1cnsc1)CCN. The van der Waals surface area contributed by atoms with E-state index in [4.69, 9.17) is 5.73 Å². The Morgan fingerprint density at radius 1 is 1.69 bits per heavy atom. The van der Waals surface area contributed by atoms with Crippen molar-refractivity contribution in [3.05, 3.63) is 17.1 Å². The van der Waals surface area contributed by atoms with Crippen molar-refractivity contribution in [2.24, 2.45) is 5.73 Å². The van der Waals surface area contributed by atoms with Crippen LogP contribution in [0.2, 0.25) is 0 Å². The molecule has 0 aliphatic rings. The van der Waals surface area contributed by atoms with Gasteiger partial charge in [0.2, 0.25) is 0 Å². The first-order valence-electron chi connectivity index (χ1n) is 4.10. The van der Waals surface area contributed by atoms with Crippen LogP contribution in [0, 0.1) is 11.8 Å². The van der Waals surface area contributed by atoms with Crippen LogP contribution in [0.3, 0.4) is 0 Å². The Morgan fingerprint density at radius 2 is 2.54 bits per heavy atom. The minimum Gasteiger partial charge on any atom is -0.329 e. The third-order valence-electron chi connectivity index (χ3n) is 1.52. The molecule has 0 saturated carbocycles. The Morgan fingerprint density at radius 3 is 3.15 bits per heavy atom. The molecule has 1 heterocycles. The molecule has 0 saturated heterocycles. The van der Waals surface area contributed by atoms with Crippen LogP contribution in [-0.2, 0) is 0 Å². The van der Waals surface area contributed by atoms with E-state index in [0.717, 1.165) is 18.7 Å². The van der Waals surface area contributed by atoms with E-state index in [-0.39, 0.29) is 0 Å². The second-order valence-corrected chi connectivity index (χ2v) is 3.40. The van der Waals surface area contributed by atoms with Gasteiger partial charge in [-0.2, -0.15) is 4.37 Å². The van der Waals surface area contributed by atoms with Gasteiger partial charge in [0.25, 0.3) is 0 Å². The molecule has 0 fully saturated rings. The van der Waals surface area contributed by atoms with Crippen molar-refractivity contribution in [1.82, 2.24) is 9.27 Å². The van der Waals surface area contributed by atoms with E-state index in [9.17, 15) is 0 Å². The van der Waals surface area contributed by atoms with Crippen molar-refractivity contribution in [1.29, 1.82) is 0 Å². The van der Waals surface area contributed by atoms with Crippen molar-refractivity contribution < 1.29 is 0 Å². The third-order valence-corrected chi connectivity index (χ3v) is 2.11. The lowest BCUT2D eigenvalue weighted by molar-refractivity contribution is 0.386. The maximum absolute atomic E-state index is 5.40. The first kappa shape index (κ1) is 10.2. The number of nitrogens with two attached hydrogens (primary N) is 1. The summed E-state index contributed by atoms with van der Waals surface area (Å²) in [5.41, 5.74) is 6.39. The normalized spacial score (nSPS) is 9.77. The molecule has 1 aromatic rings. The fraction of sp³-hybridized carbons (Fsp3) is 0.444. The Labute approximate surface area is 82.7 Å². The van der Waals surface area contributed by atoms with Gasteiger partial charge in [-0.1, -0.05) is 11.8 Å². The van der Waals surface area contributed by atoms with Gasteiger partial charge in [-0.05, 0) is 18.6 Å². The maximum Gasteiger partial charge on any atom is 0.0603 e. The van der Waals surface area contributed by atoms with E-state index in [1.54, 1.807) is 6.20 Å². The van der Waals surface area contributed by atoms with Crippen LogP contribution >= 0.6 is 11.5 Å². The highest BCUT2D eigenvalue weighted by Crippen LogP contribution is 1.97. The Kier molecular flexibility index (Phi) is 4.47. The number of rotatable bonds is 3. The lowest BCUT2D eigenvalue weighted by Crippen LogP contribution is -2.25. The lowest BCUT2D eigenvalue weighted by Gasteiger charge is -2.09. The van der Waals surface area contributed by atoms with Crippen LogP contribution < -0.4 is 5.73 Å². The Hall–Kier alpha value is -0.890. The Bertz CT molecular complexity index is 284. The van der Waals surface area contributed by atoms with Crippen molar-refractivity contribution in [2.75, 3.05) is 26.7 Å². The molecule has 3 nitrogen and oxygen atoms in total. The van der Waals surface area contributed by atoms with Crippen LogP contribution in [0.5, 0.6) is 0 Å². The quantitative estimate of drug-likeness (QED) is 0.709. The second kappa shape index (κ2) is 5.70. The molecule has 0 amide bonds. The van der Waals surface area contributed by atoms with Gasteiger partial charge < -0.3 is 5.73 Å². The van der Waals surface area contributed by atoms with E-state index in [0.29, 0.717) is 6.54 Å². The maximum atomic E-state index is 5.40. The van der Waals surface area contributed by atoms with Crippen molar-refractivity contribution in [2.45, 2.75) is 0 Å². The largest absolute Gasteiger partial charge is 0.329 e. The zero-order chi connectivity index (χ0) is 9.52. The second-order valence-electron chi connectivity index (χ2n) is 2.74. The smallest absolute Gasteiger partial charge is 0.0603 e. The summed E-state index contributed by atoms with van der Waals surface area (Å²) < 4.78 is 3.96. The highest BCUT2D eigenvalue weighted by Gasteiger charge is 1.91. The molecule has 1 rings (SSSR count). The van der Waals surface area contributed by atoms with Crippen LogP contribution in [0.25, 0.3) is 0 Å². The molecule has 1 aromatic heterocycles. The van der Waals surface area contributed by atoms with Gasteiger partial charge in [-0.25, -0.2) is 0 Å². The summed E-state index contributed by atoms with van der Waals surface area (Å²) in [5, 5.41) is 1.94. The number of aromatic nitrogens is 1. The van der Waals surface area contributed by atoms with Gasteiger partial charge in [0, 0.05) is 18.5 Å². The highest BCUT2D eigenvalue weighted by molar-refractivity contribution is 7.03. The topological polar surface area (TPSA) is 42.2 Å². The minimum atomic E-state index is 0.679. The van der Waals surface area contributed by atoms with E-state index in [1.807, 2.05) is 12.4 Å². The number of hydrogen-bond acceptors (Lipinski definition) is 4. The molecule has 13 heavy (non-hydrogen) atoms. The fourth-order valence-corrected chi connectivity index (χ4v) is 1.31. The molecule has 0 spiro atoms. The average molecular weight is 195 g/mol. The van der Waals surface area contributed by atoms with E-state index in [1.165, 1.54) is 11.5 Å². The molecule has 0 aliphatic heterocycles. The van der Waals surface area contributed by atoms with Crippen LogP contribution in [0.1, 0.15) is 5.56 Å². The Balaban J connectivity index is 2.32. The monoisotopic (exact) mass is 195 g/mol. The number of hydrogen-bond donors (Lipinski definition) is 1. The molecule has 0 bridgehead atoms. The third kappa shape index (κ3) is 4.04. The number of likely N-dealkylation sites (N-methyl/N-ethyl adjacent to an activating group) is 1. The zero-order valence-corrected chi connectivity index (χ0v) is 8.47. The molecule has 70 valence electrons. The predicted molar refractivity (Wildman–Crippen MR) is 55.5 cm³/mol.